The van der Waals surface area contributed by atoms with Crippen molar-refractivity contribution >= 4 is 11.7 Å². The number of nitrogens with zero attached hydrogens (tertiary/aromatic N) is 1. The molecule has 3 aromatic carbocycles. The van der Waals surface area contributed by atoms with Crippen molar-refractivity contribution < 1.29 is 14.3 Å². The monoisotopic (exact) mass is 386 g/mol. The average molecular weight is 386 g/mol. The fourth-order valence-electron chi connectivity index (χ4n) is 3.04. The summed E-state index contributed by atoms with van der Waals surface area (Å²) in [6, 6.07) is 23.9. The number of benzene rings is 3. The molecular formula is C24H22N2O3. The lowest BCUT2D eigenvalue weighted by Crippen LogP contribution is -2.22. The predicted octanol–water partition coefficient (Wildman–Crippen LogP) is 4.95. The number of methoxy groups -OCH3 is 1. The Morgan fingerprint density at radius 1 is 1.03 bits per heavy atom. The van der Waals surface area contributed by atoms with Crippen LogP contribution in [0.3, 0.4) is 0 Å². The summed E-state index contributed by atoms with van der Waals surface area (Å²) in [4.78, 5) is 12.6. The number of ether oxygens (including phenoxy) is 2. The number of carbonyl (C=O) groups excluding carboxylic acids is 1. The Morgan fingerprint density at radius 3 is 2.38 bits per heavy atom. The van der Waals surface area contributed by atoms with E-state index in [0.29, 0.717) is 23.6 Å². The van der Waals surface area contributed by atoms with Gasteiger partial charge in [-0.25, -0.2) is 4.79 Å². The number of nitriles is 1. The van der Waals surface area contributed by atoms with Gasteiger partial charge in [0.2, 0.25) is 0 Å². The zero-order valence-corrected chi connectivity index (χ0v) is 16.4. The molecule has 0 amide bonds. The molecule has 0 saturated carbocycles. The first-order chi connectivity index (χ1) is 14.1. The van der Waals surface area contributed by atoms with Gasteiger partial charge in [0.1, 0.15) is 5.75 Å². The molecule has 3 aromatic rings. The van der Waals surface area contributed by atoms with Gasteiger partial charge in [-0.05, 0) is 66.1 Å². The number of hydrogen-bond donors (Lipinski definition) is 1. The molecule has 0 spiro atoms. The van der Waals surface area contributed by atoms with E-state index < -0.39 is 12.0 Å². The molecular weight excluding hydrogens is 364 g/mol. The normalized spacial score (nSPS) is 11.2. The van der Waals surface area contributed by atoms with Crippen LogP contribution in [-0.2, 0) is 9.53 Å². The molecule has 5 nitrogen and oxygen atoms in total. The van der Waals surface area contributed by atoms with Crippen molar-refractivity contribution in [3.8, 4) is 22.9 Å². The van der Waals surface area contributed by atoms with Gasteiger partial charge in [0.15, 0.2) is 6.04 Å². The quantitative estimate of drug-likeness (QED) is 0.582. The highest BCUT2D eigenvalue weighted by Crippen LogP contribution is 2.31. The second kappa shape index (κ2) is 9.43. The van der Waals surface area contributed by atoms with Crippen molar-refractivity contribution in [2.75, 3.05) is 19.0 Å². The summed E-state index contributed by atoms with van der Waals surface area (Å²) in [5.74, 6) is 0.265. The van der Waals surface area contributed by atoms with Crippen LogP contribution in [0.4, 0.5) is 5.69 Å². The first-order valence-corrected chi connectivity index (χ1v) is 9.32. The van der Waals surface area contributed by atoms with E-state index in [2.05, 4.69) is 11.4 Å². The number of esters is 1. The predicted molar refractivity (Wildman–Crippen MR) is 113 cm³/mol. The second-order valence-electron chi connectivity index (χ2n) is 6.38. The van der Waals surface area contributed by atoms with E-state index in [4.69, 9.17) is 14.7 Å². The van der Waals surface area contributed by atoms with Gasteiger partial charge in [-0.1, -0.05) is 30.3 Å². The zero-order valence-electron chi connectivity index (χ0n) is 16.4. The molecule has 0 aliphatic carbocycles. The van der Waals surface area contributed by atoms with E-state index in [1.165, 1.54) is 7.11 Å². The van der Waals surface area contributed by atoms with Crippen LogP contribution < -0.4 is 10.1 Å². The van der Waals surface area contributed by atoms with Crippen molar-refractivity contribution in [1.82, 2.24) is 0 Å². The maximum Gasteiger partial charge on any atom is 0.332 e. The summed E-state index contributed by atoms with van der Waals surface area (Å²) < 4.78 is 10.8. The van der Waals surface area contributed by atoms with Gasteiger partial charge >= 0.3 is 5.97 Å². The van der Waals surface area contributed by atoms with Crippen molar-refractivity contribution in [1.29, 1.82) is 5.26 Å². The lowest BCUT2D eigenvalue weighted by Gasteiger charge is -2.20. The van der Waals surface area contributed by atoms with Crippen LogP contribution in [0.5, 0.6) is 5.75 Å². The van der Waals surface area contributed by atoms with Crippen LogP contribution in [0, 0.1) is 11.3 Å². The Hall–Kier alpha value is -3.78. The van der Waals surface area contributed by atoms with Crippen LogP contribution in [0.1, 0.15) is 24.1 Å². The third kappa shape index (κ3) is 4.94. The van der Waals surface area contributed by atoms with Crippen LogP contribution in [0.2, 0.25) is 0 Å². The van der Waals surface area contributed by atoms with Crippen LogP contribution in [-0.4, -0.2) is 19.7 Å². The van der Waals surface area contributed by atoms with Gasteiger partial charge in [0.25, 0.3) is 0 Å². The van der Waals surface area contributed by atoms with Crippen molar-refractivity contribution in [3.05, 3.63) is 83.9 Å². The molecule has 146 valence electrons. The fraction of sp³-hybridized carbons (Fsp3) is 0.167. The van der Waals surface area contributed by atoms with Crippen LogP contribution in [0.15, 0.2) is 72.8 Å². The summed E-state index contributed by atoms with van der Waals surface area (Å²) in [7, 11) is 1.36. The molecule has 0 bridgehead atoms. The Bertz CT molecular complexity index is 1010. The topological polar surface area (TPSA) is 71.3 Å². The van der Waals surface area contributed by atoms with Gasteiger partial charge in [-0.2, -0.15) is 5.26 Å². The van der Waals surface area contributed by atoms with E-state index in [-0.39, 0.29) is 0 Å². The zero-order chi connectivity index (χ0) is 20.6. The molecule has 0 aliphatic heterocycles. The molecule has 0 aromatic heterocycles. The number of anilines is 1. The van der Waals surface area contributed by atoms with E-state index in [1.807, 2.05) is 55.5 Å². The third-order valence-electron chi connectivity index (χ3n) is 4.44. The molecule has 29 heavy (non-hydrogen) atoms. The Kier molecular flexibility index (Phi) is 6.49. The first kappa shape index (κ1) is 20.0. The average Bonchev–Trinajstić information content (AvgIpc) is 2.78. The first-order valence-electron chi connectivity index (χ1n) is 9.32. The summed E-state index contributed by atoms with van der Waals surface area (Å²) >= 11 is 0. The van der Waals surface area contributed by atoms with Crippen LogP contribution >= 0.6 is 0 Å². The summed E-state index contributed by atoms with van der Waals surface area (Å²) in [6.07, 6.45) is 0. The maximum absolute atomic E-state index is 12.6. The van der Waals surface area contributed by atoms with Crippen molar-refractivity contribution in [2.24, 2.45) is 0 Å². The van der Waals surface area contributed by atoms with E-state index in [1.54, 1.807) is 24.3 Å². The summed E-state index contributed by atoms with van der Waals surface area (Å²) in [5.41, 5.74) is 3.96. The van der Waals surface area contributed by atoms with E-state index >= 15 is 0 Å². The maximum atomic E-state index is 12.6. The van der Waals surface area contributed by atoms with Crippen molar-refractivity contribution in [3.63, 3.8) is 0 Å². The van der Waals surface area contributed by atoms with Gasteiger partial charge in [-0.3, -0.25) is 0 Å². The number of rotatable bonds is 7. The summed E-state index contributed by atoms with van der Waals surface area (Å²) in [5, 5.41) is 12.2. The van der Waals surface area contributed by atoms with Gasteiger partial charge < -0.3 is 14.8 Å². The highest BCUT2D eigenvalue weighted by molar-refractivity contribution is 5.82. The molecule has 3 rings (SSSR count). The molecule has 1 atom stereocenters. The summed E-state index contributed by atoms with van der Waals surface area (Å²) in [6.45, 7) is 2.44. The molecule has 0 radical (unpaired) electrons. The Labute approximate surface area is 170 Å². The van der Waals surface area contributed by atoms with E-state index in [9.17, 15) is 4.79 Å². The molecule has 0 heterocycles. The Morgan fingerprint density at radius 2 is 1.76 bits per heavy atom. The minimum absolute atomic E-state index is 0.415. The standard InChI is InChI=1S/C24H22N2O3/c1-3-29-22-14-19(18-7-5-4-6-8-18)13-20(15-22)23(24(27)28-2)26-21-11-9-17(16-25)10-12-21/h4-15,23,26H,3H2,1-2H3. The fourth-order valence-corrected chi connectivity index (χ4v) is 3.04. The number of carbonyl (C=O) groups is 1. The van der Waals surface area contributed by atoms with Gasteiger partial charge in [0, 0.05) is 5.69 Å². The molecule has 0 saturated heterocycles. The minimum Gasteiger partial charge on any atom is -0.494 e. The van der Waals surface area contributed by atoms with Crippen LogP contribution in [0.25, 0.3) is 11.1 Å². The lowest BCUT2D eigenvalue weighted by atomic mass is 9.98. The smallest absolute Gasteiger partial charge is 0.332 e. The largest absolute Gasteiger partial charge is 0.494 e. The van der Waals surface area contributed by atoms with Gasteiger partial charge in [0.05, 0.1) is 25.3 Å². The van der Waals surface area contributed by atoms with Gasteiger partial charge in [-0.15, -0.1) is 0 Å². The third-order valence-corrected chi connectivity index (χ3v) is 4.44. The number of nitrogens with one attached hydrogen (secondary N) is 1. The lowest BCUT2D eigenvalue weighted by molar-refractivity contribution is -0.141. The highest BCUT2D eigenvalue weighted by atomic mass is 16.5. The van der Waals surface area contributed by atoms with Crippen molar-refractivity contribution in [2.45, 2.75) is 13.0 Å². The molecule has 1 N–H and O–H groups in total. The second-order valence-corrected chi connectivity index (χ2v) is 6.38. The SMILES string of the molecule is CCOc1cc(-c2ccccc2)cc(C(Nc2ccc(C#N)cc2)C(=O)OC)c1. The highest BCUT2D eigenvalue weighted by Gasteiger charge is 2.23. The Balaban J connectivity index is 2.02. The molecule has 0 aliphatic rings. The number of hydrogen-bond acceptors (Lipinski definition) is 5. The molecule has 1 unspecified atom stereocenters. The molecule has 0 fully saturated rings. The molecule has 5 heteroatoms. The minimum atomic E-state index is -0.726. The van der Waals surface area contributed by atoms with E-state index in [0.717, 1.165) is 16.7 Å².